The molecule has 1 unspecified atom stereocenters. The summed E-state index contributed by atoms with van der Waals surface area (Å²) in [5.74, 6) is -0.900. The first-order chi connectivity index (χ1) is 6.20. The van der Waals surface area contributed by atoms with E-state index in [1.54, 1.807) is 13.2 Å². The van der Waals surface area contributed by atoms with Crippen molar-refractivity contribution in [3.05, 3.63) is 23.0 Å². The smallest absolute Gasteiger partial charge is 0.352 e. The second kappa shape index (κ2) is 2.88. The molecule has 0 fully saturated rings. The van der Waals surface area contributed by atoms with Crippen molar-refractivity contribution in [2.24, 2.45) is 0 Å². The summed E-state index contributed by atoms with van der Waals surface area (Å²) in [6, 6.07) is 1.69. The normalized spacial score (nSPS) is 20.2. The molecule has 2 rings (SSSR count). The van der Waals surface area contributed by atoms with E-state index in [9.17, 15) is 4.79 Å². The molecule has 0 aliphatic heterocycles. The van der Waals surface area contributed by atoms with Gasteiger partial charge in [-0.2, -0.15) is 0 Å². The maximum Gasteiger partial charge on any atom is 0.352 e. The van der Waals surface area contributed by atoms with E-state index in [2.05, 4.69) is 4.98 Å². The van der Waals surface area contributed by atoms with Crippen LogP contribution in [0.25, 0.3) is 0 Å². The summed E-state index contributed by atoms with van der Waals surface area (Å²) in [4.78, 5) is 13.5. The molecule has 1 aromatic heterocycles. The van der Waals surface area contributed by atoms with Gasteiger partial charge in [0.2, 0.25) is 0 Å². The van der Waals surface area contributed by atoms with Crippen LogP contribution in [-0.4, -0.2) is 29.3 Å². The van der Waals surface area contributed by atoms with Crippen LogP contribution in [0.15, 0.2) is 6.07 Å². The number of hydrogen-bond acceptors (Lipinski definition) is 2. The Morgan fingerprint density at radius 1 is 1.69 bits per heavy atom. The summed E-state index contributed by atoms with van der Waals surface area (Å²) < 4.78 is 5.18. The molecule has 1 heterocycles. The highest BCUT2D eigenvalue weighted by Gasteiger charge is 2.24. The lowest BCUT2D eigenvalue weighted by Crippen LogP contribution is -2.10. The average molecular weight is 181 g/mol. The lowest BCUT2D eigenvalue weighted by atomic mass is 10.2. The Balaban J connectivity index is 2.23. The summed E-state index contributed by atoms with van der Waals surface area (Å²) in [5.41, 5.74) is 2.35. The molecule has 4 nitrogen and oxygen atoms in total. The van der Waals surface area contributed by atoms with Crippen molar-refractivity contribution in [1.82, 2.24) is 4.98 Å². The molecule has 0 saturated heterocycles. The number of fused-ring (bicyclic) bond motifs is 1. The zero-order valence-electron chi connectivity index (χ0n) is 7.33. The number of aromatic amines is 1. The van der Waals surface area contributed by atoms with Crippen molar-refractivity contribution in [3.63, 3.8) is 0 Å². The van der Waals surface area contributed by atoms with Gasteiger partial charge in [0.05, 0.1) is 6.10 Å². The average Bonchev–Trinajstić information content (AvgIpc) is 2.58. The highest BCUT2D eigenvalue weighted by atomic mass is 16.5. The number of hydrogen-bond donors (Lipinski definition) is 2. The van der Waals surface area contributed by atoms with Gasteiger partial charge in [0.15, 0.2) is 0 Å². The number of methoxy groups -OCH3 is 1. The minimum Gasteiger partial charge on any atom is -0.477 e. The topological polar surface area (TPSA) is 62.3 Å². The molecule has 13 heavy (non-hydrogen) atoms. The largest absolute Gasteiger partial charge is 0.477 e. The second-order valence-corrected chi connectivity index (χ2v) is 3.26. The van der Waals surface area contributed by atoms with Crippen LogP contribution in [0, 0.1) is 0 Å². The lowest BCUT2D eigenvalue weighted by molar-refractivity contribution is 0.0690. The van der Waals surface area contributed by atoms with Gasteiger partial charge in [0.1, 0.15) is 5.69 Å². The molecule has 1 aliphatic carbocycles. The minimum atomic E-state index is -0.900. The molecule has 70 valence electrons. The second-order valence-electron chi connectivity index (χ2n) is 3.26. The van der Waals surface area contributed by atoms with Crippen LogP contribution >= 0.6 is 0 Å². The minimum absolute atomic E-state index is 0.212. The Bertz CT molecular complexity index is 319. The fourth-order valence-corrected chi connectivity index (χ4v) is 1.73. The molecule has 0 saturated carbocycles. The molecule has 2 N–H and O–H groups in total. The quantitative estimate of drug-likeness (QED) is 0.710. The van der Waals surface area contributed by atoms with Crippen LogP contribution in [0.4, 0.5) is 0 Å². The van der Waals surface area contributed by atoms with Gasteiger partial charge in [-0.1, -0.05) is 0 Å². The first-order valence-electron chi connectivity index (χ1n) is 4.17. The van der Waals surface area contributed by atoms with E-state index < -0.39 is 5.97 Å². The maximum absolute atomic E-state index is 10.6. The van der Waals surface area contributed by atoms with Crippen LogP contribution in [0.3, 0.4) is 0 Å². The number of carboxylic acids is 1. The van der Waals surface area contributed by atoms with Crippen LogP contribution in [0.1, 0.15) is 21.7 Å². The van der Waals surface area contributed by atoms with Crippen LogP contribution in [0.5, 0.6) is 0 Å². The predicted molar refractivity (Wildman–Crippen MR) is 46.0 cm³/mol. The monoisotopic (exact) mass is 181 g/mol. The maximum atomic E-state index is 10.6. The number of aromatic carboxylic acids is 1. The van der Waals surface area contributed by atoms with Gasteiger partial charge >= 0.3 is 5.97 Å². The van der Waals surface area contributed by atoms with Crippen LogP contribution in [0.2, 0.25) is 0 Å². The molecule has 0 spiro atoms. The Morgan fingerprint density at radius 3 is 3.00 bits per heavy atom. The van der Waals surface area contributed by atoms with Crippen LogP contribution in [-0.2, 0) is 17.6 Å². The molecular weight excluding hydrogens is 170 g/mol. The molecule has 0 radical (unpaired) electrons. The van der Waals surface area contributed by atoms with Gasteiger partial charge in [-0.25, -0.2) is 4.79 Å². The number of rotatable bonds is 2. The van der Waals surface area contributed by atoms with E-state index in [-0.39, 0.29) is 11.8 Å². The zero-order valence-corrected chi connectivity index (χ0v) is 7.33. The highest BCUT2D eigenvalue weighted by Crippen LogP contribution is 2.24. The van der Waals surface area contributed by atoms with Crippen molar-refractivity contribution >= 4 is 5.97 Å². The number of ether oxygens (including phenoxy) is 1. The number of H-pyrrole nitrogens is 1. The molecule has 1 atom stereocenters. The third-order valence-electron chi connectivity index (χ3n) is 2.43. The van der Waals surface area contributed by atoms with Crippen molar-refractivity contribution in [2.75, 3.05) is 7.11 Å². The molecule has 0 amide bonds. The third-order valence-corrected chi connectivity index (χ3v) is 2.43. The molecule has 4 heteroatoms. The van der Waals surface area contributed by atoms with Gasteiger partial charge in [-0.15, -0.1) is 0 Å². The first-order valence-corrected chi connectivity index (χ1v) is 4.17. The summed E-state index contributed by atoms with van der Waals surface area (Å²) in [6.45, 7) is 0. The lowest BCUT2D eigenvalue weighted by Gasteiger charge is -2.04. The fourth-order valence-electron chi connectivity index (χ4n) is 1.73. The Hall–Kier alpha value is -1.29. The van der Waals surface area contributed by atoms with E-state index in [4.69, 9.17) is 9.84 Å². The summed E-state index contributed by atoms with van der Waals surface area (Å²) >= 11 is 0. The van der Waals surface area contributed by atoms with E-state index in [1.165, 1.54) is 0 Å². The SMILES string of the molecule is COC1Cc2cc(C(=O)O)[nH]c2C1. The van der Waals surface area contributed by atoms with Crippen molar-refractivity contribution < 1.29 is 14.6 Å². The first kappa shape index (κ1) is 8.31. The molecular formula is C9H11NO3. The highest BCUT2D eigenvalue weighted by molar-refractivity contribution is 5.86. The summed E-state index contributed by atoms with van der Waals surface area (Å²) in [6.07, 6.45) is 1.82. The summed E-state index contributed by atoms with van der Waals surface area (Å²) in [5, 5.41) is 8.70. The predicted octanol–water partition coefficient (Wildman–Crippen LogP) is 0.827. The third kappa shape index (κ3) is 1.33. The summed E-state index contributed by atoms with van der Waals surface area (Å²) in [7, 11) is 1.68. The fraction of sp³-hybridized carbons (Fsp3) is 0.444. The van der Waals surface area contributed by atoms with E-state index in [0.29, 0.717) is 0 Å². The van der Waals surface area contributed by atoms with Crippen LogP contribution < -0.4 is 0 Å². The molecule has 1 aromatic rings. The van der Waals surface area contributed by atoms with Gasteiger partial charge in [-0.3, -0.25) is 0 Å². The van der Waals surface area contributed by atoms with E-state index in [1.807, 2.05) is 0 Å². The van der Waals surface area contributed by atoms with Crippen molar-refractivity contribution in [2.45, 2.75) is 18.9 Å². The Kier molecular flexibility index (Phi) is 1.84. The van der Waals surface area contributed by atoms with Gasteiger partial charge in [-0.05, 0) is 11.6 Å². The number of carbonyl (C=O) groups is 1. The molecule has 0 bridgehead atoms. The van der Waals surface area contributed by atoms with Crippen molar-refractivity contribution in [1.29, 1.82) is 0 Å². The Morgan fingerprint density at radius 2 is 2.46 bits per heavy atom. The molecule has 1 aliphatic rings. The van der Waals surface area contributed by atoms with Crippen molar-refractivity contribution in [3.8, 4) is 0 Å². The van der Waals surface area contributed by atoms with Gasteiger partial charge in [0.25, 0.3) is 0 Å². The Labute approximate surface area is 75.5 Å². The van der Waals surface area contributed by atoms with Gasteiger partial charge in [0, 0.05) is 25.6 Å². The zero-order chi connectivity index (χ0) is 9.42. The van der Waals surface area contributed by atoms with E-state index in [0.717, 1.165) is 24.1 Å². The number of nitrogens with one attached hydrogen (secondary N) is 1. The number of aromatic nitrogens is 1. The molecule has 0 aromatic carbocycles. The van der Waals surface area contributed by atoms with E-state index >= 15 is 0 Å². The van der Waals surface area contributed by atoms with Gasteiger partial charge < -0.3 is 14.8 Å². The number of carboxylic acid groups (broad SMARTS) is 1. The standard InChI is InChI=1S/C9H11NO3/c1-13-6-2-5-3-8(9(11)12)10-7(5)4-6/h3,6,10H,2,4H2,1H3,(H,11,12).